The fraction of sp³-hybridized carbons (Fsp3) is 0.118. The standard InChI is InChI=1S/C17H12Br2O4/c1-8(20)17-14(10-4-2-3-5-13(10)23-17)15(21)9-6-11(18)16(22)12(19)7-9/h2-8,20,22H,1H3/i2D,3D,4D,5D,6D,8D. The van der Waals surface area contributed by atoms with Crippen molar-refractivity contribution in [3.63, 3.8) is 0 Å². The van der Waals surface area contributed by atoms with E-state index in [0.717, 1.165) is 13.0 Å². The first kappa shape index (κ1) is 10.3. The second-order valence-corrected chi connectivity index (χ2v) is 6.27. The summed E-state index contributed by atoms with van der Waals surface area (Å²) in [6, 6.07) is -1.58. The second kappa shape index (κ2) is 6.11. The topological polar surface area (TPSA) is 70.7 Å². The van der Waals surface area contributed by atoms with Crippen molar-refractivity contribution in [2.75, 3.05) is 0 Å². The lowest BCUT2D eigenvalue weighted by molar-refractivity contribution is 0.102. The first-order chi connectivity index (χ1) is 13.3. The van der Waals surface area contributed by atoms with Crippen molar-refractivity contribution in [2.45, 2.75) is 13.0 Å². The van der Waals surface area contributed by atoms with Gasteiger partial charge in [0.1, 0.15) is 23.2 Å². The maximum absolute atomic E-state index is 13.3. The van der Waals surface area contributed by atoms with Crippen molar-refractivity contribution in [2.24, 2.45) is 0 Å². The van der Waals surface area contributed by atoms with Crippen LogP contribution in [0.3, 0.4) is 0 Å². The molecule has 6 heteroatoms. The molecule has 3 rings (SSSR count). The second-order valence-electron chi connectivity index (χ2n) is 4.62. The van der Waals surface area contributed by atoms with Crippen LogP contribution >= 0.6 is 31.9 Å². The molecule has 1 heterocycles. The highest BCUT2D eigenvalue weighted by Crippen LogP contribution is 2.36. The van der Waals surface area contributed by atoms with Crippen LogP contribution in [0.4, 0.5) is 0 Å². The Bertz CT molecular complexity index is 1200. The number of hydrogen-bond donors (Lipinski definition) is 2. The van der Waals surface area contributed by atoms with Crippen LogP contribution in [0.15, 0.2) is 49.6 Å². The minimum atomic E-state index is -2.44. The van der Waals surface area contributed by atoms with Gasteiger partial charge in [0.15, 0.2) is 5.78 Å². The Balaban J connectivity index is 2.48. The van der Waals surface area contributed by atoms with Crippen LogP contribution < -0.4 is 0 Å². The van der Waals surface area contributed by atoms with Crippen molar-refractivity contribution in [3.8, 4) is 5.75 Å². The minimum Gasteiger partial charge on any atom is -0.506 e. The van der Waals surface area contributed by atoms with Gasteiger partial charge in [-0.1, -0.05) is 18.1 Å². The van der Waals surface area contributed by atoms with E-state index in [2.05, 4.69) is 31.9 Å². The molecular weight excluding hydrogens is 428 g/mol. The van der Waals surface area contributed by atoms with Gasteiger partial charge in [0.2, 0.25) is 0 Å². The lowest BCUT2D eigenvalue weighted by Crippen LogP contribution is -2.06. The molecule has 0 aliphatic rings. The summed E-state index contributed by atoms with van der Waals surface area (Å²) in [6.07, 6.45) is -2.44. The van der Waals surface area contributed by atoms with E-state index in [1.54, 1.807) is 0 Å². The molecule has 2 N–H and O–H groups in total. The first-order valence-electron chi connectivity index (χ1n) is 9.26. The van der Waals surface area contributed by atoms with Crippen molar-refractivity contribution in [1.29, 1.82) is 0 Å². The minimum absolute atomic E-state index is 0.0795. The third kappa shape index (κ3) is 2.82. The zero-order chi connectivity index (χ0) is 22.0. The average molecular weight is 446 g/mol. The van der Waals surface area contributed by atoms with E-state index in [1.165, 1.54) is 0 Å². The van der Waals surface area contributed by atoms with Crippen LogP contribution in [0.2, 0.25) is 0 Å². The Labute approximate surface area is 157 Å². The number of aliphatic hydroxyl groups is 1. The van der Waals surface area contributed by atoms with Crippen molar-refractivity contribution in [1.82, 2.24) is 0 Å². The first-order valence-corrected chi connectivity index (χ1v) is 7.85. The van der Waals surface area contributed by atoms with E-state index < -0.39 is 47.4 Å². The number of furan rings is 1. The molecule has 4 nitrogen and oxygen atoms in total. The lowest BCUT2D eigenvalue weighted by atomic mass is 9.98. The van der Waals surface area contributed by atoms with Gasteiger partial charge >= 0.3 is 0 Å². The number of para-hydroxylation sites is 1. The summed E-state index contributed by atoms with van der Waals surface area (Å²) in [5, 5.41) is 19.8. The van der Waals surface area contributed by atoms with Crippen LogP contribution in [-0.2, 0) is 0 Å². The number of carbonyl (C=O) groups is 1. The predicted molar refractivity (Wildman–Crippen MR) is 93.8 cm³/mol. The van der Waals surface area contributed by atoms with E-state index in [1.807, 2.05) is 0 Å². The van der Waals surface area contributed by atoms with Crippen molar-refractivity contribution in [3.05, 3.63) is 62.1 Å². The van der Waals surface area contributed by atoms with Gasteiger partial charge in [-0.15, -0.1) is 0 Å². The summed E-state index contributed by atoms with van der Waals surface area (Å²) in [4.78, 5) is 13.3. The van der Waals surface area contributed by atoms with E-state index in [9.17, 15) is 15.0 Å². The van der Waals surface area contributed by atoms with Crippen LogP contribution in [-0.4, -0.2) is 16.0 Å². The number of phenolic OH excluding ortho intramolecular Hbond substituents is 1. The fourth-order valence-electron chi connectivity index (χ4n) is 2.06. The highest BCUT2D eigenvalue weighted by atomic mass is 79.9. The van der Waals surface area contributed by atoms with Gasteiger partial charge in [0.05, 0.1) is 22.7 Å². The fourth-order valence-corrected chi connectivity index (χ4v) is 3.18. The summed E-state index contributed by atoms with van der Waals surface area (Å²) in [7, 11) is 0. The largest absolute Gasteiger partial charge is 0.506 e. The molecule has 0 amide bonds. The van der Waals surface area contributed by atoms with Crippen LogP contribution in [0.1, 0.15) is 42.9 Å². The number of halogens is 2. The SMILES string of the molecule is [2H]c1c(C(=O)c2c(C([2H])(C)O)oc3c([2H])c([2H])c([2H])c([2H])c23)cc(Br)c(O)c1Br. The zero-order valence-corrected chi connectivity index (χ0v) is 14.7. The van der Waals surface area contributed by atoms with E-state index >= 15 is 0 Å². The summed E-state index contributed by atoms with van der Waals surface area (Å²) in [6.45, 7) is 1.02. The number of phenols is 1. The van der Waals surface area contributed by atoms with E-state index in [-0.39, 0.29) is 37.3 Å². The molecule has 1 unspecified atom stereocenters. The van der Waals surface area contributed by atoms with Crippen LogP contribution in [0.25, 0.3) is 11.0 Å². The number of benzene rings is 2. The third-order valence-electron chi connectivity index (χ3n) is 3.08. The van der Waals surface area contributed by atoms with Crippen molar-refractivity contribution < 1.29 is 27.6 Å². The van der Waals surface area contributed by atoms with Gasteiger partial charge < -0.3 is 14.6 Å². The Kier molecular flexibility index (Phi) is 2.73. The number of fused-ring (bicyclic) bond motifs is 1. The lowest BCUT2D eigenvalue weighted by Gasteiger charge is -2.07. The Hall–Kier alpha value is -1.63. The molecular formula is C17H12Br2O4. The molecule has 23 heavy (non-hydrogen) atoms. The van der Waals surface area contributed by atoms with Gasteiger partial charge in [-0.2, -0.15) is 0 Å². The highest BCUT2D eigenvalue weighted by Gasteiger charge is 2.25. The average Bonchev–Trinajstić information content (AvgIpc) is 3.06. The van der Waals surface area contributed by atoms with Gasteiger partial charge in [-0.05, 0) is 56.9 Å². The molecule has 2 aromatic carbocycles. The summed E-state index contributed by atoms with van der Waals surface area (Å²) in [5.74, 6) is -1.80. The molecule has 0 fully saturated rings. The molecule has 1 aromatic heterocycles. The summed E-state index contributed by atoms with van der Waals surface area (Å²) in [5.41, 5.74) is -1.09. The molecule has 1 atom stereocenters. The van der Waals surface area contributed by atoms with E-state index in [0.29, 0.717) is 0 Å². The molecule has 0 radical (unpaired) electrons. The number of aromatic hydroxyl groups is 1. The Morgan fingerprint density at radius 3 is 2.74 bits per heavy atom. The molecule has 0 saturated carbocycles. The summed E-state index contributed by atoms with van der Waals surface area (Å²) >= 11 is 6.09. The Morgan fingerprint density at radius 2 is 2.04 bits per heavy atom. The third-order valence-corrected chi connectivity index (χ3v) is 4.26. The van der Waals surface area contributed by atoms with Gasteiger partial charge in [0.25, 0.3) is 0 Å². The summed E-state index contributed by atoms with van der Waals surface area (Å²) < 4.78 is 53.2. The van der Waals surface area contributed by atoms with Crippen LogP contribution in [0.5, 0.6) is 5.75 Å². The maximum Gasteiger partial charge on any atom is 0.197 e. The quantitative estimate of drug-likeness (QED) is 0.559. The highest BCUT2D eigenvalue weighted by molar-refractivity contribution is 9.11. The molecule has 0 aliphatic heterocycles. The normalized spacial score (nSPS) is 17.6. The number of ketones is 1. The predicted octanol–water partition coefficient (Wildman–Crippen LogP) is 4.95. The molecule has 3 aromatic rings. The van der Waals surface area contributed by atoms with Crippen LogP contribution in [0, 0.1) is 0 Å². The number of carbonyl (C=O) groups excluding carboxylic acids is 1. The monoisotopic (exact) mass is 444 g/mol. The molecule has 118 valence electrons. The van der Waals surface area contributed by atoms with Gasteiger partial charge in [-0.25, -0.2) is 0 Å². The number of hydrogen-bond acceptors (Lipinski definition) is 4. The van der Waals surface area contributed by atoms with E-state index in [4.69, 9.17) is 12.6 Å². The van der Waals surface area contributed by atoms with Gasteiger partial charge in [-0.3, -0.25) is 4.79 Å². The van der Waals surface area contributed by atoms with Crippen molar-refractivity contribution >= 4 is 48.6 Å². The maximum atomic E-state index is 13.3. The molecule has 0 bridgehead atoms. The Morgan fingerprint density at radius 1 is 1.35 bits per heavy atom. The number of rotatable bonds is 3. The smallest absolute Gasteiger partial charge is 0.197 e. The molecule has 0 saturated heterocycles. The van der Waals surface area contributed by atoms with Gasteiger partial charge in [0, 0.05) is 10.9 Å². The molecule has 0 spiro atoms. The molecule has 0 aliphatic carbocycles. The zero-order valence-electron chi connectivity index (χ0n) is 17.5.